The summed E-state index contributed by atoms with van der Waals surface area (Å²) >= 11 is 0. The van der Waals surface area contributed by atoms with Gasteiger partial charge in [0.1, 0.15) is 0 Å². The number of hydrogen-bond donors (Lipinski definition) is 4. The van der Waals surface area contributed by atoms with E-state index in [0.29, 0.717) is 12.1 Å². The quantitative estimate of drug-likeness (QED) is 0.255. The maximum Gasteiger partial charge on any atom is 0.416 e. The number of nitrogens with zero attached hydrogens (tertiary/aromatic N) is 2. The van der Waals surface area contributed by atoms with Crippen LogP contribution in [0.15, 0.2) is 83.5 Å². The molecule has 0 unspecified atom stereocenters. The summed E-state index contributed by atoms with van der Waals surface area (Å²) in [5.74, 6) is -0.555. The van der Waals surface area contributed by atoms with Crippen molar-refractivity contribution in [1.82, 2.24) is 5.27 Å². The van der Waals surface area contributed by atoms with Gasteiger partial charge in [0.05, 0.1) is 18.6 Å². The molecule has 4 aromatic rings. The highest BCUT2D eigenvalue weighted by Gasteiger charge is 2.31. The van der Waals surface area contributed by atoms with E-state index in [4.69, 9.17) is 9.63 Å². The summed E-state index contributed by atoms with van der Waals surface area (Å²) in [7, 11) is 0. The fourth-order valence-corrected chi connectivity index (χ4v) is 3.54. The molecule has 0 saturated carbocycles. The number of alkyl halides is 3. The van der Waals surface area contributed by atoms with Gasteiger partial charge < -0.3 is 15.7 Å². The molecule has 0 aliphatic heterocycles. The van der Waals surface area contributed by atoms with Crippen molar-refractivity contribution in [3.63, 3.8) is 0 Å². The van der Waals surface area contributed by atoms with Crippen LogP contribution in [0, 0.1) is 0 Å². The minimum atomic E-state index is -4.71. The highest BCUT2D eigenvalue weighted by atomic mass is 19.4. The first-order chi connectivity index (χ1) is 18.2. The average Bonchev–Trinajstić information content (AvgIpc) is 3.30. The molecule has 4 N–H and O–H groups in total. The van der Waals surface area contributed by atoms with Crippen LogP contribution in [0.4, 0.5) is 35.2 Å². The van der Waals surface area contributed by atoms with Crippen LogP contribution in [0.3, 0.4) is 0 Å². The number of rotatable bonds is 8. The molecule has 4 rings (SSSR count). The lowest BCUT2D eigenvalue weighted by atomic mass is 10.1. The van der Waals surface area contributed by atoms with Crippen LogP contribution >= 0.6 is 0 Å². The van der Waals surface area contributed by atoms with Crippen molar-refractivity contribution in [2.45, 2.75) is 25.7 Å². The topological polar surface area (TPSA) is 120 Å². The maximum absolute atomic E-state index is 13.5. The number of anilines is 3. The van der Waals surface area contributed by atoms with E-state index in [2.05, 4.69) is 21.2 Å². The number of carbonyl (C=O) groups is 2. The van der Waals surface area contributed by atoms with Gasteiger partial charge >= 0.3 is 18.1 Å². The second-order valence-electron chi connectivity index (χ2n) is 8.32. The molecule has 196 valence electrons. The van der Waals surface area contributed by atoms with E-state index in [1.807, 2.05) is 0 Å². The maximum atomic E-state index is 13.5. The summed E-state index contributed by atoms with van der Waals surface area (Å²) in [6.07, 6.45) is -3.34. The van der Waals surface area contributed by atoms with Crippen LogP contribution in [0.25, 0.3) is 0 Å². The molecule has 0 aliphatic carbocycles. The van der Waals surface area contributed by atoms with Gasteiger partial charge in [-0.05, 0) is 34.0 Å². The Hall–Kier alpha value is -4.71. The van der Waals surface area contributed by atoms with Crippen LogP contribution in [0.2, 0.25) is 0 Å². The number of aliphatic hydroxyl groups is 1. The number of aliphatic hydroxyl groups excluding tert-OH is 1. The molecule has 0 spiro atoms. The molecule has 0 saturated heterocycles. The molecule has 0 aliphatic rings. The van der Waals surface area contributed by atoms with Crippen molar-refractivity contribution < 1.29 is 37.1 Å². The predicted octanol–water partition coefficient (Wildman–Crippen LogP) is 4.35. The summed E-state index contributed by atoms with van der Waals surface area (Å²) in [6, 6.07) is 17.7. The minimum absolute atomic E-state index is 0.0304. The van der Waals surface area contributed by atoms with E-state index < -0.39 is 23.7 Å². The van der Waals surface area contributed by atoms with Crippen molar-refractivity contribution in [1.29, 1.82) is 0 Å². The first-order valence-electron chi connectivity index (χ1n) is 11.4. The van der Waals surface area contributed by atoms with Crippen LogP contribution in [-0.2, 0) is 30.5 Å². The lowest BCUT2D eigenvalue weighted by Gasteiger charge is -2.14. The molecule has 3 amide bonds. The number of amides is 3. The highest BCUT2D eigenvalue weighted by molar-refractivity contribution is 6.00. The van der Waals surface area contributed by atoms with E-state index in [9.17, 15) is 22.8 Å². The van der Waals surface area contributed by atoms with Gasteiger partial charge in [0.25, 0.3) is 6.20 Å². The van der Waals surface area contributed by atoms with Gasteiger partial charge in [-0.25, -0.2) is 4.79 Å². The van der Waals surface area contributed by atoms with Gasteiger partial charge in [-0.15, -0.1) is 0 Å². The standard InChI is InChI=1S/C26H22F3N5O4/c27-26(28,29)20-11-21(30-23(36)10-17-4-2-1-3-5-17)13-22(12-20)31-25(37)32-24-15-34(33-38-24)14-18-6-8-19(16-35)9-7-18/h1-9,11-13,15,35H,10,14,16H2,(H2-,30,31,32,33,36,37)/p+1. The van der Waals surface area contributed by atoms with Gasteiger partial charge in [-0.1, -0.05) is 54.6 Å². The number of benzene rings is 3. The SMILES string of the molecule is O=C(Cc1ccccc1)Nc1cc(NC(=O)Nc2c[n+](Cc3ccc(CO)cc3)no2)cc(C(F)(F)F)c1. The summed E-state index contributed by atoms with van der Waals surface area (Å²) < 4.78 is 46.9. The zero-order valence-electron chi connectivity index (χ0n) is 19.8. The fourth-order valence-electron chi connectivity index (χ4n) is 3.54. The Balaban J connectivity index is 1.41. The van der Waals surface area contributed by atoms with E-state index in [0.717, 1.165) is 23.3 Å². The van der Waals surface area contributed by atoms with Crippen molar-refractivity contribution >= 4 is 29.2 Å². The third kappa shape index (κ3) is 7.40. The molecular weight excluding hydrogens is 503 g/mol. The van der Waals surface area contributed by atoms with Crippen LogP contribution in [-0.4, -0.2) is 22.3 Å². The lowest BCUT2D eigenvalue weighted by molar-refractivity contribution is -0.754. The molecule has 3 aromatic carbocycles. The summed E-state index contributed by atoms with van der Waals surface area (Å²) in [5, 5.41) is 20.0. The number of urea groups is 1. The van der Waals surface area contributed by atoms with Crippen LogP contribution in [0.5, 0.6) is 0 Å². The molecule has 1 heterocycles. The number of hydrogen-bond acceptors (Lipinski definition) is 5. The van der Waals surface area contributed by atoms with Gasteiger partial charge in [0.15, 0.2) is 0 Å². The second kappa shape index (κ2) is 11.6. The molecule has 0 atom stereocenters. The third-order valence-corrected chi connectivity index (χ3v) is 5.31. The Morgan fingerprint density at radius 2 is 1.53 bits per heavy atom. The number of carbonyl (C=O) groups excluding carboxylic acids is 2. The molecule has 0 fully saturated rings. The van der Waals surface area contributed by atoms with E-state index in [-0.39, 0.29) is 30.3 Å². The number of aromatic nitrogens is 2. The molecule has 1 aromatic heterocycles. The lowest BCUT2D eigenvalue weighted by Crippen LogP contribution is -2.35. The van der Waals surface area contributed by atoms with E-state index >= 15 is 0 Å². The van der Waals surface area contributed by atoms with Crippen molar-refractivity contribution in [3.8, 4) is 0 Å². The second-order valence-corrected chi connectivity index (χ2v) is 8.32. The summed E-state index contributed by atoms with van der Waals surface area (Å²) in [4.78, 5) is 24.8. The van der Waals surface area contributed by atoms with Gasteiger partial charge in [0.2, 0.25) is 17.7 Å². The van der Waals surface area contributed by atoms with E-state index in [1.54, 1.807) is 54.6 Å². The average molecular weight is 526 g/mol. The van der Waals surface area contributed by atoms with Crippen molar-refractivity contribution in [2.24, 2.45) is 0 Å². The zero-order valence-corrected chi connectivity index (χ0v) is 19.8. The molecule has 38 heavy (non-hydrogen) atoms. The highest BCUT2D eigenvalue weighted by Crippen LogP contribution is 2.33. The first kappa shape index (κ1) is 26.4. The van der Waals surface area contributed by atoms with Crippen LogP contribution in [0.1, 0.15) is 22.3 Å². The van der Waals surface area contributed by atoms with Crippen molar-refractivity contribution in [2.75, 3.05) is 16.0 Å². The Labute approximate surface area is 214 Å². The monoisotopic (exact) mass is 526 g/mol. The Bertz CT molecular complexity index is 1410. The van der Waals surface area contributed by atoms with Gasteiger partial charge in [-0.3, -0.25) is 14.6 Å². The van der Waals surface area contributed by atoms with Gasteiger partial charge in [0, 0.05) is 16.9 Å². The molecular formula is C26H23F3N5O4+. The minimum Gasteiger partial charge on any atom is -0.392 e. The summed E-state index contributed by atoms with van der Waals surface area (Å²) in [5.41, 5.74) is 0.953. The third-order valence-electron chi connectivity index (χ3n) is 5.31. The zero-order chi connectivity index (χ0) is 27.1. The normalized spacial score (nSPS) is 11.2. The molecule has 0 bridgehead atoms. The molecule has 9 nitrogen and oxygen atoms in total. The fraction of sp³-hybridized carbons (Fsp3) is 0.154. The summed E-state index contributed by atoms with van der Waals surface area (Å²) in [6.45, 7) is 0.242. The van der Waals surface area contributed by atoms with Crippen LogP contribution < -0.4 is 20.6 Å². The Morgan fingerprint density at radius 3 is 2.18 bits per heavy atom. The number of nitrogens with one attached hydrogen (secondary N) is 3. The molecule has 12 heteroatoms. The first-order valence-corrected chi connectivity index (χ1v) is 11.4. The molecule has 0 radical (unpaired) electrons. The Kier molecular flexibility index (Phi) is 8.02. The smallest absolute Gasteiger partial charge is 0.392 e. The predicted molar refractivity (Wildman–Crippen MR) is 131 cm³/mol. The van der Waals surface area contributed by atoms with Gasteiger partial charge in [-0.2, -0.15) is 13.2 Å². The van der Waals surface area contributed by atoms with E-state index in [1.165, 1.54) is 16.9 Å². The number of halogens is 3. The largest absolute Gasteiger partial charge is 0.416 e. The Morgan fingerprint density at radius 1 is 0.868 bits per heavy atom. The van der Waals surface area contributed by atoms with Crippen molar-refractivity contribution in [3.05, 3.63) is 101 Å².